The van der Waals surface area contributed by atoms with Crippen molar-refractivity contribution in [3.8, 4) is 11.5 Å². The van der Waals surface area contributed by atoms with Crippen molar-refractivity contribution in [3.05, 3.63) is 56.8 Å². The molecule has 0 aliphatic carbocycles. The van der Waals surface area contributed by atoms with E-state index in [9.17, 15) is 15.0 Å². The summed E-state index contributed by atoms with van der Waals surface area (Å²) in [5, 5.41) is 20.9. The van der Waals surface area contributed by atoms with Gasteiger partial charge in [-0.25, -0.2) is 0 Å². The summed E-state index contributed by atoms with van der Waals surface area (Å²) in [6.45, 7) is 9.76. The standard InChI is InChI=1S/C25H28O6/c1-13(2)8-9-29-23-14(3)10-18-20(16(23)12-26)22(28)21-17(27)7-6-15(24(21)30-18)11-19-25(4,5)31-19/h6-8,10,19,26-27H,9,11-12H2,1-5H3. The Morgan fingerprint density at radius 3 is 2.58 bits per heavy atom. The van der Waals surface area contributed by atoms with Crippen LogP contribution in [0.15, 0.2) is 39.1 Å². The van der Waals surface area contributed by atoms with Crippen molar-refractivity contribution in [2.45, 2.75) is 59.4 Å². The third kappa shape index (κ3) is 3.82. The minimum absolute atomic E-state index is 0.0295. The molecule has 2 heterocycles. The van der Waals surface area contributed by atoms with Gasteiger partial charge in [0.15, 0.2) is 0 Å². The molecular weight excluding hydrogens is 396 g/mol. The predicted octanol–water partition coefficient (Wildman–Crippen LogP) is 4.52. The number of rotatable bonds is 6. The highest BCUT2D eigenvalue weighted by molar-refractivity contribution is 5.97. The van der Waals surface area contributed by atoms with E-state index in [4.69, 9.17) is 13.9 Å². The molecule has 6 heteroatoms. The number of aliphatic hydroxyl groups is 1. The molecule has 3 aromatic rings. The summed E-state index contributed by atoms with van der Waals surface area (Å²) in [5.41, 5.74) is 3.15. The van der Waals surface area contributed by atoms with Crippen molar-refractivity contribution in [2.75, 3.05) is 6.61 Å². The average molecular weight is 424 g/mol. The average Bonchev–Trinajstić information content (AvgIpc) is 3.30. The number of aryl methyl sites for hydroxylation is 1. The van der Waals surface area contributed by atoms with Gasteiger partial charge in [0.2, 0.25) is 5.43 Å². The van der Waals surface area contributed by atoms with E-state index < -0.39 is 0 Å². The summed E-state index contributed by atoms with van der Waals surface area (Å²) in [6, 6.07) is 5.02. The Morgan fingerprint density at radius 2 is 1.97 bits per heavy atom. The third-order valence-electron chi connectivity index (χ3n) is 5.86. The molecule has 164 valence electrons. The Kier molecular flexibility index (Phi) is 5.31. The molecule has 0 bridgehead atoms. The molecule has 31 heavy (non-hydrogen) atoms. The van der Waals surface area contributed by atoms with Gasteiger partial charge in [-0.2, -0.15) is 0 Å². The maximum atomic E-state index is 13.5. The number of hydrogen-bond donors (Lipinski definition) is 2. The van der Waals surface area contributed by atoms with Crippen LogP contribution in [0.4, 0.5) is 0 Å². The van der Waals surface area contributed by atoms with Gasteiger partial charge < -0.3 is 24.1 Å². The van der Waals surface area contributed by atoms with Crippen molar-refractivity contribution in [2.24, 2.45) is 0 Å². The fourth-order valence-corrected chi connectivity index (χ4v) is 3.97. The fraction of sp³-hybridized carbons (Fsp3) is 0.400. The molecular formula is C25H28O6. The second-order valence-corrected chi connectivity index (χ2v) is 8.92. The molecule has 1 saturated heterocycles. The fourth-order valence-electron chi connectivity index (χ4n) is 3.97. The van der Waals surface area contributed by atoms with Crippen LogP contribution in [-0.4, -0.2) is 28.5 Å². The van der Waals surface area contributed by atoms with Gasteiger partial charge in [-0.1, -0.05) is 11.6 Å². The molecule has 0 spiro atoms. The van der Waals surface area contributed by atoms with Crippen molar-refractivity contribution >= 4 is 21.9 Å². The van der Waals surface area contributed by atoms with E-state index in [1.165, 1.54) is 6.07 Å². The Hall–Kier alpha value is -2.83. The SMILES string of the molecule is CC(C)=CCOc1c(C)cc2oc3c(CC4OC4(C)C)ccc(O)c3c(=O)c2c1CO. The lowest BCUT2D eigenvalue weighted by Gasteiger charge is -2.15. The number of aliphatic hydroxyl groups excluding tert-OH is 1. The summed E-state index contributed by atoms with van der Waals surface area (Å²) < 4.78 is 17.7. The van der Waals surface area contributed by atoms with Crippen LogP contribution >= 0.6 is 0 Å². The highest BCUT2D eigenvalue weighted by Crippen LogP contribution is 2.40. The Bertz CT molecular complexity index is 1260. The molecule has 1 unspecified atom stereocenters. The largest absolute Gasteiger partial charge is 0.507 e. The zero-order chi connectivity index (χ0) is 22.5. The minimum atomic E-state index is -0.386. The van der Waals surface area contributed by atoms with Gasteiger partial charge in [-0.15, -0.1) is 0 Å². The van der Waals surface area contributed by atoms with Crippen molar-refractivity contribution in [3.63, 3.8) is 0 Å². The van der Waals surface area contributed by atoms with Gasteiger partial charge in [0.05, 0.1) is 23.7 Å². The van der Waals surface area contributed by atoms with Crippen LogP contribution in [0.2, 0.25) is 0 Å². The smallest absolute Gasteiger partial charge is 0.204 e. The number of aromatic hydroxyl groups is 1. The number of phenols is 1. The number of allylic oxidation sites excluding steroid dienone is 1. The molecule has 4 rings (SSSR count). The lowest BCUT2D eigenvalue weighted by molar-refractivity contribution is 0.271. The Labute approximate surface area is 180 Å². The highest BCUT2D eigenvalue weighted by Gasteiger charge is 2.47. The van der Waals surface area contributed by atoms with Gasteiger partial charge in [0, 0.05) is 12.0 Å². The molecule has 1 fully saturated rings. The minimum Gasteiger partial charge on any atom is -0.507 e. The van der Waals surface area contributed by atoms with E-state index in [2.05, 4.69) is 0 Å². The first-order chi connectivity index (χ1) is 14.6. The quantitative estimate of drug-likeness (QED) is 0.343. The Balaban J connectivity index is 1.93. The summed E-state index contributed by atoms with van der Waals surface area (Å²) in [5.74, 6) is 0.310. The second-order valence-electron chi connectivity index (χ2n) is 8.92. The normalized spacial score (nSPS) is 17.2. The van der Waals surface area contributed by atoms with Crippen LogP contribution < -0.4 is 10.2 Å². The lowest BCUT2D eigenvalue weighted by atomic mass is 9.98. The molecule has 1 aliphatic rings. The van der Waals surface area contributed by atoms with E-state index in [0.717, 1.165) is 16.7 Å². The molecule has 0 saturated carbocycles. The molecule has 2 aromatic carbocycles. The summed E-state index contributed by atoms with van der Waals surface area (Å²) in [6.07, 6.45) is 2.53. The summed E-state index contributed by atoms with van der Waals surface area (Å²) >= 11 is 0. The molecule has 1 aromatic heterocycles. The van der Waals surface area contributed by atoms with Gasteiger partial charge >= 0.3 is 0 Å². The van der Waals surface area contributed by atoms with E-state index in [0.29, 0.717) is 35.5 Å². The topological polar surface area (TPSA) is 92.4 Å². The van der Waals surface area contributed by atoms with Crippen molar-refractivity contribution in [1.82, 2.24) is 0 Å². The van der Waals surface area contributed by atoms with E-state index >= 15 is 0 Å². The Morgan fingerprint density at radius 1 is 1.26 bits per heavy atom. The number of ether oxygens (including phenoxy) is 2. The van der Waals surface area contributed by atoms with Crippen LogP contribution in [0.1, 0.15) is 44.4 Å². The number of phenolic OH excluding ortho intramolecular Hbond substituents is 1. The maximum Gasteiger partial charge on any atom is 0.204 e. The van der Waals surface area contributed by atoms with Crippen LogP contribution in [-0.2, 0) is 17.8 Å². The van der Waals surface area contributed by atoms with Gasteiger partial charge in [-0.05, 0) is 64.0 Å². The van der Waals surface area contributed by atoms with Gasteiger partial charge in [0.1, 0.15) is 34.7 Å². The van der Waals surface area contributed by atoms with Crippen molar-refractivity contribution in [1.29, 1.82) is 0 Å². The van der Waals surface area contributed by atoms with Gasteiger partial charge in [-0.3, -0.25) is 4.79 Å². The molecule has 0 amide bonds. The van der Waals surface area contributed by atoms with Crippen LogP contribution in [0.25, 0.3) is 21.9 Å². The van der Waals surface area contributed by atoms with E-state index in [1.807, 2.05) is 40.7 Å². The number of benzene rings is 2. The first-order valence-corrected chi connectivity index (χ1v) is 10.4. The van der Waals surface area contributed by atoms with Crippen LogP contribution in [0.3, 0.4) is 0 Å². The molecule has 1 atom stereocenters. The number of epoxide rings is 1. The molecule has 0 radical (unpaired) electrons. The van der Waals surface area contributed by atoms with Crippen molar-refractivity contribution < 1.29 is 24.1 Å². The zero-order valence-electron chi connectivity index (χ0n) is 18.5. The monoisotopic (exact) mass is 424 g/mol. The van der Waals surface area contributed by atoms with Crippen LogP contribution in [0.5, 0.6) is 11.5 Å². The third-order valence-corrected chi connectivity index (χ3v) is 5.86. The molecule has 2 N–H and O–H groups in total. The summed E-state index contributed by atoms with van der Waals surface area (Å²) in [7, 11) is 0. The summed E-state index contributed by atoms with van der Waals surface area (Å²) in [4.78, 5) is 13.5. The van der Waals surface area contributed by atoms with E-state index in [1.54, 1.807) is 12.1 Å². The number of hydrogen-bond acceptors (Lipinski definition) is 6. The maximum absolute atomic E-state index is 13.5. The molecule has 1 aliphatic heterocycles. The zero-order valence-corrected chi connectivity index (χ0v) is 18.5. The second kappa shape index (κ2) is 7.70. The van der Waals surface area contributed by atoms with Gasteiger partial charge in [0.25, 0.3) is 0 Å². The first kappa shape index (κ1) is 21.4. The predicted molar refractivity (Wildman–Crippen MR) is 120 cm³/mol. The lowest BCUT2D eigenvalue weighted by Crippen LogP contribution is -2.11. The van der Waals surface area contributed by atoms with Crippen LogP contribution in [0, 0.1) is 6.92 Å². The highest BCUT2D eigenvalue weighted by atomic mass is 16.6. The number of fused-ring (bicyclic) bond motifs is 2. The molecule has 6 nitrogen and oxygen atoms in total. The first-order valence-electron chi connectivity index (χ1n) is 10.4. The van der Waals surface area contributed by atoms with E-state index in [-0.39, 0.29) is 40.3 Å².